The smallest absolute Gasteiger partial charge is 0.0107 e. The Balaban J connectivity index is 1.67. The summed E-state index contributed by atoms with van der Waals surface area (Å²) in [6, 6.07) is 9.03. The van der Waals surface area contributed by atoms with Crippen molar-refractivity contribution in [3.8, 4) is 0 Å². The lowest BCUT2D eigenvalue weighted by atomic mass is 9.92. The van der Waals surface area contributed by atoms with Gasteiger partial charge in [0.25, 0.3) is 0 Å². The first-order chi connectivity index (χ1) is 8.42. The minimum Gasteiger partial charge on any atom is -0.316 e. The second-order valence-corrected chi connectivity index (χ2v) is 6.68. The molecule has 2 aliphatic rings. The first-order valence-corrected chi connectivity index (χ1v) is 7.75. The molecule has 2 fully saturated rings. The Morgan fingerprint density at radius 2 is 2.06 bits per heavy atom. The Kier molecular flexibility index (Phi) is 3.72. The summed E-state index contributed by atoms with van der Waals surface area (Å²) in [5.41, 5.74) is 1.58. The minimum absolute atomic E-state index is 0.852. The molecule has 0 spiro atoms. The van der Waals surface area contributed by atoms with E-state index in [0.29, 0.717) is 0 Å². The van der Waals surface area contributed by atoms with Gasteiger partial charge in [0.05, 0.1) is 0 Å². The summed E-state index contributed by atoms with van der Waals surface area (Å²) >= 11 is 2.10. The quantitative estimate of drug-likeness (QED) is 0.874. The number of benzene rings is 1. The molecule has 1 atom stereocenters. The van der Waals surface area contributed by atoms with Crippen LogP contribution in [0.4, 0.5) is 0 Å². The van der Waals surface area contributed by atoms with Gasteiger partial charge >= 0.3 is 0 Å². The number of piperidine rings is 1. The fourth-order valence-electron chi connectivity index (χ4n) is 2.56. The van der Waals surface area contributed by atoms with Gasteiger partial charge in [0.2, 0.25) is 0 Å². The van der Waals surface area contributed by atoms with Crippen molar-refractivity contribution in [1.82, 2.24) is 5.32 Å². The van der Waals surface area contributed by atoms with Crippen LogP contribution in [0.15, 0.2) is 29.2 Å². The first kappa shape index (κ1) is 11.6. The molecule has 1 saturated carbocycles. The van der Waals surface area contributed by atoms with Gasteiger partial charge in [-0.1, -0.05) is 18.2 Å². The van der Waals surface area contributed by atoms with Crippen LogP contribution >= 0.6 is 11.8 Å². The zero-order valence-corrected chi connectivity index (χ0v) is 11.1. The highest BCUT2D eigenvalue weighted by atomic mass is 32.2. The summed E-state index contributed by atoms with van der Waals surface area (Å²) in [5, 5.41) is 4.44. The lowest BCUT2D eigenvalue weighted by Gasteiger charge is -2.23. The molecule has 1 aliphatic heterocycles. The number of nitrogens with one attached hydrogen (secondary N) is 1. The highest BCUT2D eigenvalue weighted by Gasteiger charge is 2.24. The van der Waals surface area contributed by atoms with E-state index in [-0.39, 0.29) is 0 Å². The van der Waals surface area contributed by atoms with Gasteiger partial charge in [0, 0.05) is 10.1 Å². The van der Waals surface area contributed by atoms with Gasteiger partial charge in [-0.05, 0) is 62.7 Å². The third-order valence-electron chi connectivity index (χ3n) is 3.70. The van der Waals surface area contributed by atoms with Gasteiger partial charge in [-0.15, -0.1) is 11.8 Å². The van der Waals surface area contributed by atoms with Gasteiger partial charge in [0.1, 0.15) is 0 Å². The molecule has 1 aromatic carbocycles. The van der Waals surface area contributed by atoms with Gasteiger partial charge in [-0.25, -0.2) is 0 Å². The maximum absolute atomic E-state index is 3.52. The van der Waals surface area contributed by atoms with Crippen molar-refractivity contribution in [2.45, 2.75) is 42.2 Å². The van der Waals surface area contributed by atoms with Crippen LogP contribution in [0, 0.1) is 5.92 Å². The van der Waals surface area contributed by atoms with E-state index in [2.05, 4.69) is 41.3 Å². The van der Waals surface area contributed by atoms with E-state index >= 15 is 0 Å². The van der Waals surface area contributed by atoms with Gasteiger partial charge in [-0.3, -0.25) is 0 Å². The zero-order chi connectivity index (χ0) is 11.5. The molecule has 1 unspecified atom stereocenters. The van der Waals surface area contributed by atoms with E-state index in [1.54, 1.807) is 10.5 Å². The van der Waals surface area contributed by atoms with Crippen LogP contribution in [-0.2, 0) is 6.42 Å². The van der Waals surface area contributed by atoms with Crippen LogP contribution in [0.25, 0.3) is 0 Å². The van der Waals surface area contributed by atoms with E-state index in [4.69, 9.17) is 0 Å². The average Bonchev–Trinajstić information content (AvgIpc) is 3.17. The predicted molar refractivity (Wildman–Crippen MR) is 74.6 cm³/mol. The largest absolute Gasteiger partial charge is 0.316 e. The Hall–Kier alpha value is -0.470. The number of rotatable bonds is 4. The zero-order valence-electron chi connectivity index (χ0n) is 10.3. The van der Waals surface area contributed by atoms with Gasteiger partial charge in [0.15, 0.2) is 0 Å². The van der Waals surface area contributed by atoms with Crippen LogP contribution in [-0.4, -0.2) is 18.3 Å². The molecule has 2 heteroatoms. The first-order valence-electron chi connectivity index (χ1n) is 6.87. The number of hydrogen-bond acceptors (Lipinski definition) is 2. The molecule has 1 saturated heterocycles. The molecule has 1 aliphatic carbocycles. The summed E-state index contributed by atoms with van der Waals surface area (Å²) in [6.45, 7) is 2.43. The highest BCUT2D eigenvalue weighted by Crippen LogP contribution is 2.40. The summed E-state index contributed by atoms with van der Waals surface area (Å²) in [7, 11) is 0. The van der Waals surface area contributed by atoms with Crippen LogP contribution in [0.1, 0.15) is 31.2 Å². The Bertz CT molecular complexity index is 367. The molecule has 1 heterocycles. The van der Waals surface area contributed by atoms with Crippen LogP contribution < -0.4 is 5.32 Å². The van der Waals surface area contributed by atoms with Gasteiger partial charge in [-0.2, -0.15) is 0 Å². The molecule has 92 valence electrons. The maximum Gasteiger partial charge on any atom is 0.0107 e. The Morgan fingerprint density at radius 1 is 1.18 bits per heavy atom. The topological polar surface area (TPSA) is 12.0 Å². The van der Waals surface area contributed by atoms with Gasteiger partial charge < -0.3 is 5.32 Å². The SMILES string of the molecule is c1ccc(SC2CC2)c(CC2CCCNC2)c1. The van der Waals surface area contributed by atoms with E-state index in [0.717, 1.165) is 11.2 Å². The molecule has 17 heavy (non-hydrogen) atoms. The Labute approximate surface area is 108 Å². The highest BCUT2D eigenvalue weighted by molar-refractivity contribution is 8.00. The monoisotopic (exact) mass is 247 g/mol. The van der Waals surface area contributed by atoms with Crippen molar-refractivity contribution in [2.75, 3.05) is 13.1 Å². The van der Waals surface area contributed by atoms with E-state index in [1.807, 2.05) is 0 Å². The third-order valence-corrected chi connectivity index (χ3v) is 5.16. The number of thioether (sulfide) groups is 1. The van der Waals surface area contributed by atoms with Crippen LogP contribution in [0.5, 0.6) is 0 Å². The average molecular weight is 247 g/mol. The van der Waals surface area contributed by atoms with Crippen LogP contribution in [0.3, 0.4) is 0 Å². The molecule has 0 bridgehead atoms. The molecule has 1 N–H and O–H groups in total. The molecule has 1 nitrogen and oxygen atoms in total. The molecule has 0 amide bonds. The summed E-state index contributed by atoms with van der Waals surface area (Å²) in [4.78, 5) is 1.54. The maximum atomic E-state index is 3.52. The predicted octanol–water partition coefficient (Wildman–Crippen LogP) is 3.48. The Morgan fingerprint density at radius 3 is 2.82 bits per heavy atom. The second kappa shape index (κ2) is 5.45. The molecule has 0 radical (unpaired) electrons. The van der Waals surface area contributed by atoms with Crippen molar-refractivity contribution < 1.29 is 0 Å². The van der Waals surface area contributed by atoms with E-state index in [9.17, 15) is 0 Å². The van der Waals surface area contributed by atoms with Crippen molar-refractivity contribution in [2.24, 2.45) is 5.92 Å². The van der Waals surface area contributed by atoms with Crippen molar-refractivity contribution in [3.63, 3.8) is 0 Å². The molecule has 1 aromatic rings. The fourth-order valence-corrected chi connectivity index (χ4v) is 3.75. The lowest BCUT2D eigenvalue weighted by molar-refractivity contribution is 0.374. The molecule has 0 aromatic heterocycles. The summed E-state index contributed by atoms with van der Waals surface area (Å²) in [5.74, 6) is 0.852. The number of hydrogen-bond donors (Lipinski definition) is 1. The van der Waals surface area contributed by atoms with Crippen molar-refractivity contribution >= 4 is 11.8 Å². The summed E-state index contributed by atoms with van der Waals surface area (Å²) in [6.07, 6.45) is 6.86. The lowest BCUT2D eigenvalue weighted by Crippen LogP contribution is -2.30. The second-order valence-electron chi connectivity index (χ2n) is 5.34. The molecule has 3 rings (SSSR count). The minimum atomic E-state index is 0.852. The van der Waals surface area contributed by atoms with E-state index < -0.39 is 0 Å². The standard InChI is InChI=1S/C15H21NS/c1-2-6-15(17-14-7-8-14)13(5-1)10-12-4-3-9-16-11-12/h1-2,5-6,12,14,16H,3-4,7-11H2. The van der Waals surface area contributed by atoms with Crippen LogP contribution in [0.2, 0.25) is 0 Å². The van der Waals surface area contributed by atoms with Crippen molar-refractivity contribution in [1.29, 1.82) is 0 Å². The summed E-state index contributed by atoms with van der Waals surface area (Å²) < 4.78 is 0. The van der Waals surface area contributed by atoms with E-state index in [1.165, 1.54) is 45.2 Å². The normalized spacial score (nSPS) is 24.8. The molecular weight excluding hydrogens is 226 g/mol. The fraction of sp³-hybridized carbons (Fsp3) is 0.600. The molecular formula is C15H21NS. The third kappa shape index (κ3) is 3.26. The van der Waals surface area contributed by atoms with Crippen molar-refractivity contribution in [3.05, 3.63) is 29.8 Å².